The molecule has 0 amide bonds. The van der Waals surface area contributed by atoms with Gasteiger partial charge in [0.15, 0.2) is 0 Å². The largest absolute Gasteiger partial charge is 0.326 e. The third kappa shape index (κ3) is 2.51. The normalized spacial score (nSPS) is 22.6. The first-order chi connectivity index (χ1) is 6.60. The van der Waals surface area contributed by atoms with Crippen molar-refractivity contribution in [3.63, 3.8) is 0 Å². The second-order valence-electron chi connectivity index (χ2n) is 3.34. The van der Waals surface area contributed by atoms with Crippen LogP contribution in [0.15, 0.2) is 21.7 Å². The molecule has 86 valence electrons. The van der Waals surface area contributed by atoms with Crippen molar-refractivity contribution in [3.8, 4) is 0 Å². The molecular formula is C8H13ClN2O2S2. The summed E-state index contributed by atoms with van der Waals surface area (Å²) in [4.78, 5) is 0. The van der Waals surface area contributed by atoms with Crippen molar-refractivity contribution in [3.05, 3.63) is 17.5 Å². The van der Waals surface area contributed by atoms with Crippen LogP contribution in [0.1, 0.15) is 6.42 Å². The van der Waals surface area contributed by atoms with Crippen LogP contribution < -0.4 is 5.73 Å². The van der Waals surface area contributed by atoms with Crippen molar-refractivity contribution in [2.45, 2.75) is 16.7 Å². The van der Waals surface area contributed by atoms with Gasteiger partial charge in [-0.15, -0.1) is 23.7 Å². The molecule has 0 saturated carbocycles. The van der Waals surface area contributed by atoms with E-state index in [0.717, 1.165) is 6.42 Å². The third-order valence-electron chi connectivity index (χ3n) is 2.28. The lowest BCUT2D eigenvalue weighted by atomic mass is 10.3. The van der Waals surface area contributed by atoms with Crippen LogP contribution in [-0.2, 0) is 10.0 Å². The first kappa shape index (κ1) is 12.9. The Labute approximate surface area is 99.5 Å². The smallest absolute Gasteiger partial charge is 0.252 e. The van der Waals surface area contributed by atoms with Gasteiger partial charge in [0.25, 0.3) is 10.0 Å². The molecule has 15 heavy (non-hydrogen) atoms. The lowest BCUT2D eigenvalue weighted by Gasteiger charge is -2.13. The van der Waals surface area contributed by atoms with Gasteiger partial charge in [0.1, 0.15) is 4.21 Å². The van der Waals surface area contributed by atoms with E-state index in [1.807, 2.05) is 0 Å². The number of halogens is 1. The molecule has 0 bridgehead atoms. The monoisotopic (exact) mass is 268 g/mol. The minimum atomic E-state index is -3.26. The zero-order valence-electron chi connectivity index (χ0n) is 8.00. The topological polar surface area (TPSA) is 63.4 Å². The molecule has 1 aliphatic heterocycles. The summed E-state index contributed by atoms with van der Waals surface area (Å²) in [7, 11) is -3.26. The van der Waals surface area contributed by atoms with Crippen LogP contribution in [-0.4, -0.2) is 31.9 Å². The van der Waals surface area contributed by atoms with Gasteiger partial charge in [0, 0.05) is 19.1 Å². The molecule has 2 heterocycles. The highest BCUT2D eigenvalue weighted by molar-refractivity contribution is 7.91. The Morgan fingerprint density at radius 2 is 2.27 bits per heavy atom. The van der Waals surface area contributed by atoms with Gasteiger partial charge < -0.3 is 5.73 Å². The quantitative estimate of drug-likeness (QED) is 0.867. The van der Waals surface area contributed by atoms with Gasteiger partial charge in [-0.25, -0.2) is 8.42 Å². The first-order valence-corrected chi connectivity index (χ1v) is 6.72. The van der Waals surface area contributed by atoms with E-state index in [4.69, 9.17) is 5.73 Å². The number of rotatable bonds is 2. The molecule has 1 fully saturated rings. The Kier molecular flexibility index (Phi) is 4.13. The molecule has 0 aromatic carbocycles. The van der Waals surface area contributed by atoms with E-state index < -0.39 is 10.0 Å². The van der Waals surface area contributed by atoms with Crippen molar-refractivity contribution < 1.29 is 8.42 Å². The van der Waals surface area contributed by atoms with E-state index in [1.165, 1.54) is 15.6 Å². The van der Waals surface area contributed by atoms with Gasteiger partial charge >= 0.3 is 0 Å². The molecule has 1 aromatic heterocycles. The van der Waals surface area contributed by atoms with Crippen LogP contribution in [0.3, 0.4) is 0 Å². The molecule has 1 aliphatic rings. The molecule has 4 nitrogen and oxygen atoms in total. The number of nitrogens with two attached hydrogens (primary N) is 1. The zero-order valence-corrected chi connectivity index (χ0v) is 10.4. The van der Waals surface area contributed by atoms with Crippen LogP contribution in [0, 0.1) is 0 Å². The SMILES string of the molecule is Cl.NC1CCN(S(=O)(=O)c2cccs2)C1. The van der Waals surface area contributed by atoms with Crippen molar-refractivity contribution in [1.82, 2.24) is 4.31 Å². The Bertz CT molecular complexity index is 404. The summed E-state index contributed by atoms with van der Waals surface area (Å²) in [5.74, 6) is 0. The average Bonchev–Trinajstić information content (AvgIpc) is 2.72. The van der Waals surface area contributed by atoms with Crippen LogP contribution in [0.25, 0.3) is 0 Å². The predicted molar refractivity (Wildman–Crippen MR) is 62.9 cm³/mol. The van der Waals surface area contributed by atoms with Crippen molar-refractivity contribution in [2.75, 3.05) is 13.1 Å². The summed E-state index contributed by atoms with van der Waals surface area (Å²) < 4.78 is 25.7. The molecular weight excluding hydrogens is 256 g/mol. The van der Waals surface area contributed by atoms with Gasteiger partial charge in [-0.3, -0.25) is 0 Å². The van der Waals surface area contributed by atoms with Gasteiger partial charge in [0.05, 0.1) is 0 Å². The molecule has 1 aromatic rings. The Hall–Kier alpha value is -0.140. The highest BCUT2D eigenvalue weighted by Gasteiger charge is 2.31. The van der Waals surface area contributed by atoms with Crippen molar-refractivity contribution in [2.24, 2.45) is 5.73 Å². The van der Waals surface area contributed by atoms with E-state index >= 15 is 0 Å². The van der Waals surface area contributed by atoms with Crippen molar-refractivity contribution >= 4 is 33.8 Å². The summed E-state index contributed by atoms with van der Waals surface area (Å²) in [5, 5.41) is 1.77. The zero-order chi connectivity index (χ0) is 10.2. The minimum Gasteiger partial charge on any atom is -0.326 e. The van der Waals surface area contributed by atoms with E-state index in [2.05, 4.69) is 0 Å². The molecule has 0 radical (unpaired) electrons. The van der Waals surface area contributed by atoms with Gasteiger partial charge in [-0.05, 0) is 17.9 Å². The van der Waals surface area contributed by atoms with Crippen LogP contribution >= 0.6 is 23.7 Å². The second-order valence-corrected chi connectivity index (χ2v) is 6.46. The molecule has 1 saturated heterocycles. The number of nitrogens with zero attached hydrogens (tertiary/aromatic N) is 1. The number of thiophene rings is 1. The summed E-state index contributed by atoms with van der Waals surface area (Å²) in [5.41, 5.74) is 5.67. The van der Waals surface area contributed by atoms with Crippen LogP contribution in [0.4, 0.5) is 0 Å². The molecule has 7 heteroatoms. The number of hydrogen-bond donors (Lipinski definition) is 1. The Balaban J connectivity index is 0.00000112. The maximum absolute atomic E-state index is 11.9. The highest BCUT2D eigenvalue weighted by atomic mass is 35.5. The first-order valence-electron chi connectivity index (χ1n) is 4.40. The van der Waals surface area contributed by atoms with Crippen LogP contribution in [0.5, 0.6) is 0 Å². The molecule has 0 aliphatic carbocycles. The number of sulfonamides is 1. The molecule has 2 N–H and O–H groups in total. The van der Waals surface area contributed by atoms with E-state index in [1.54, 1.807) is 17.5 Å². The second kappa shape index (κ2) is 4.80. The summed E-state index contributed by atoms with van der Waals surface area (Å²) >= 11 is 1.25. The fraction of sp³-hybridized carbons (Fsp3) is 0.500. The molecule has 1 unspecified atom stereocenters. The Morgan fingerprint density at radius 3 is 2.73 bits per heavy atom. The summed E-state index contributed by atoms with van der Waals surface area (Å²) in [6.45, 7) is 0.988. The van der Waals surface area contributed by atoms with E-state index in [9.17, 15) is 8.42 Å². The fourth-order valence-electron chi connectivity index (χ4n) is 1.51. The maximum Gasteiger partial charge on any atom is 0.252 e. The molecule has 2 rings (SSSR count). The lowest BCUT2D eigenvalue weighted by Crippen LogP contribution is -2.31. The van der Waals surface area contributed by atoms with Crippen LogP contribution in [0.2, 0.25) is 0 Å². The fourth-order valence-corrected chi connectivity index (χ4v) is 4.17. The average molecular weight is 269 g/mol. The molecule has 0 spiro atoms. The van der Waals surface area contributed by atoms with Gasteiger partial charge in [-0.2, -0.15) is 4.31 Å². The molecule has 1 atom stereocenters. The van der Waals surface area contributed by atoms with Gasteiger partial charge in [0.2, 0.25) is 0 Å². The Morgan fingerprint density at radius 1 is 1.53 bits per heavy atom. The summed E-state index contributed by atoms with van der Waals surface area (Å²) in [6.07, 6.45) is 0.755. The number of hydrogen-bond acceptors (Lipinski definition) is 4. The summed E-state index contributed by atoms with van der Waals surface area (Å²) in [6, 6.07) is 3.36. The lowest BCUT2D eigenvalue weighted by molar-refractivity contribution is 0.474. The standard InChI is InChI=1S/C8H12N2O2S2.ClH/c9-7-3-4-10(6-7)14(11,12)8-2-1-5-13-8;/h1-2,5,7H,3-4,6,9H2;1H. The van der Waals surface area contributed by atoms with E-state index in [-0.39, 0.29) is 18.4 Å². The predicted octanol–water partition coefficient (Wildman–Crippen LogP) is 0.892. The maximum atomic E-state index is 11.9. The van der Waals surface area contributed by atoms with Gasteiger partial charge in [-0.1, -0.05) is 6.07 Å². The highest BCUT2D eigenvalue weighted by Crippen LogP contribution is 2.23. The minimum absolute atomic E-state index is 0. The van der Waals surface area contributed by atoms with Crippen molar-refractivity contribution in [1.29, 1.82) is 0 Å². The van der Waals surface area contributed by atoms with E-state index in [0.29, 0.717) is 17.3 Å². The third-order valence-corrected chi connectivity index (χ3v) is 5.51.